The normalized spacial score (nSPS) is 14.6. The number of aliphatic hydroxyl groups excluding tert-OH is 1. The molecule has 212 valence electrons. The predicted octanol–water partition coefficient (Wildman–Crippen LogP) is 6.79. The Labute approximate surface area is 213 Å². The Morgan fingerprint density at radius 2 is 1.39 bits per heavy atom. The van der Waals surface area contributed by atoms with E-state index >= 15 is 0 Å². The van der Waals surface area contributed by atoms with E-state index in [1.54, 1.807) is 6.07 Å². The summed E-state index contributed by atoms with van der Waals surface area (Å²) >= 11 is 1.04. The molecule has 15 heteroatoms. The van der Waals surface area contributed by atoms with Gasteiger partial charge < -0.3 is 20.1 Å². The van der Waals surface area contributed by atoms with Crippen molar-refractivity contribution in [1.82, 2.24) is 0 Å². The zero-order valence-corrected chi connectivity index (χ0v) is 19.9. The topological polar surface area (TPSA) is 69.9 Å². The molecular formula is C23H20F10O4S. The van der Waals surface area contributed by atoms with E-state index in [1.807, 2.05) is 0 Å². The molecule has 0 saturated heterocycles. The highest BCUT2D eigenvalue weighted by molar-refractivity contribution is 7.13. The molecule has 1 aromatic carbocycles. The van der Waals surface area contributed by atoms with Crippen LogP contribution in [-0.4, -0.2) is 45.1 Å². The minimum Gasteiger partial charge on any atom is -0.488 e. The van der Waals surface area contributed by atoms with Crippen LogP contribution in [0.4, 0.5) is 43.9 Å². The molecule has 4 nitrogen and oxygen atoms in total. The summed E-state index contributed by atoms with van der Waals surface area (Å²) in [4.78, 5) is 0.932. The van der Waals surface area contributed by atoms with Crippen LogP contribution >= 0.6 is 11.3 Å². The van der Waals surface area contributed by atoms with Crippen LogP contribution in [0.15, 0.2) is 54.6 Å². The zero-order valence-electron chi connectivity index (χ0n) is 19.1. The van der Waals surface area contributed by atoms with Gasteiger partial charge in [-0.2, -0.15) is 43.9 Å². The number of allylic oxidation sites excluding steroid dienone is 3. The van der Waals surface area contributed by atoms with E-state index in [9.17, 15) is 49.0 Å². The molecule has 3 N–H and O–H groups in total. The molecule has 1 aromatic heterocycles. The lowest BCUT2D eigenvalue weighted by atomic mass is 9.86. The maximum absolute atomic E-state index is 13.8. The van der Waals surface area contributed by atoms with Gasteiger partial charge in [-0.15, -0.1) is 11.3 Å². The van der Waals surface area contributed by atoms with Gasteiger partial charge in [-0.3, -0.25) is 0 Å². The summed E-state index contributed by atoms with van der Waals surface area (Å²) in [5.41, 5.74) is -5.59. The predicted molar refractivity (Wildman–Crippen MR) is 117 cm³/mol. The van der Waals surface area contributed by atoms with E-state index in [1.165, 1.54) is 37.3 Å². The largest absolute Gasteiger partial charge is 0.488 e. The van der Waals surface area contributed by atoms with Gasteiger partial charge in [-0.1, -0.05) is 31.2 Å². The second-order valence-electron chi connectivity index (χ2n) is 7.81. The number of rotatable bonds is 10. The fourth-order valence-electron chi connectivity index (χ4n) is 3.04. The molecule has 0 saturated carbocycles. The summed E-state index contributed by atoms with van der Waals surface area (Å²) in [6.45, 7) is 1.49. The second kappa shape index (κ2) is 11.2. The second-order valence-corrected chi connectivity index (χ2v) is 8.98. The van der Waals surface area contributed by atoms with E-state index in [0.29, 0.717) is 15.5 Å². The number of ether oxygens (including phenoxy) is 1. The number of hydrogen-bond donors (Lipinski definition) is 3. The molecule has 0 radical (unpaired) electrons. The van der Waals surface area contributed by atoms with Crippen molar-refractivity contribution in [1.29, 1.82) is 0 Å². The summed E-state index contributed by atoms with van der Waals surface area (Å²) < 4.78 is 137. The lowest BCUT2D eigenvalue weighted by molar-refractivity contribution is -0.409. The van der Waals surface area contributed by atoms with Crippen molar-refractivity contribution in [2.24, 2.45) is 0 Å². The summed E-state index contributed by atoms with van der Waals surface area (Å²) in [5.74, 6) is -13.4. The Morgan fingerprint density at radius 3 is 1.84 bits per heavy atom. The Balaban J connectivity index is 2.31. The van der Waals surface area contributed by atoms with Crippen molar-refractivity contribution in [2.45, 2.75) is 56.0 Å². The molecule has 0 fully saturated rings. The molecular weight excluding hydrogens is 562 g/mol. The van der Waals surface area contributed by atoms with Gasteiger partial charge in [-0.25, -0.2) is 0 Å². The molecule has 38 heavy (non-hydrogen) atoms. The van der Waals surface area contributed by atoms with Crippen molar-refractivity contribution in [3.8, 4) is 5.75 Å². The van der Waals surface area contributed by atoms with E-state index in [4.69, 9.17) is 14.9 Å². The third-order valence-electron chi connectivity index (χ3n) is 5.22. The molecule has 2 aromatic rings. The minimum absolute atomic E-state index is 0.00606. The SMILES string of the molecule is CCC(=CC=CC(O)(C(F)(F)C(F)(F)F)C(F)(F)C(F)(F)F)c1ccc(COc2ccc(C(O)O)cc2)s1. The van der Waals surface area contributed by atoms with Crippen LogP contribution in [0.25, 0.3) is 5.57 Å². The number of aliphatic hydroxyl groups is 3. The summed E-state index contributed by atoms with van der Waals surface area (Å²) in [6.07, 6.45) is -15.6. The molecule has 2 rings (SSSR count). The third kappa shape index (κ3) is 6.33. The van der Waals surface area contributed by atoms with Gasteiger partial charge in [0.05, 0.1) is 0 Å². The Morgan fingerprint density at radius 1 is 0.868 bits per heavy atom. The lowest BCUT2D eigenvalue weighted by Gasteiger charge is -2.40. The van der Waals surface area contributed by atoms with Gasteiger partial charge in [0.15, 0.2) is 6.29 Å². The van der Waals surface area contributed by atoms with Crippen molar-refractivity contribution in [3.05, 3.63) is 69.9 Å². The number of benzene rings is 1. The molecule has 0 aliphatic carbocycles. The zero-order chi connectivity index (χ0) is 29.2. The van der Waals surface area contributed by atoms with Gasteiger partial charge in [-0.05, 0) is 42.3 Å². The molecule has 0 atom stereocenters. The molecule has 0 spiro atoms. The first-order chi connectivity index (χ1) is 17.3. The van der Waals surface area contributed by atoms with Crippen LogP contribution < -0.4 is 4.74 Å². The molecule has 0 unspecified atom stereocenters. The summed E-state index contributed by atoms with van der Waals surface area (Å²) in [5, 5.41) is 27.7. The average Bonchev–Trinajstić information content (AvgIpc) is 3.27. The van der Waals surface area contributed by atoms with Crippen LogP contribution in [0.5, 0.6) is 5.75 Å². The van der Waals surface area contributed by atoms with Gasteiger partial charge in [0.1, 0.15) is 12.4 Å². The Hall–Kier alpha value is -2.62. The third-order valence-corrected chi connectivity index (χ3v) is 6.36. The van der Waals surface area contributed by atoms with E-state index < -0.39 is 42.2 Å². The van der Waals surface area contributed by atoms with E-state index in [0.717, 1.165) is 17.4 Å². The molecule has 0 aliphatic heterocycles. The molecule has 0 aliphatic rings. The molecule has 1 heterocycles. The van der Waals surface area contributed by atoms with Gasteiger partial charge in [0.25, 0.3) is 0 Å². The van der Waals surface area contributed by atoms with Crippen molar-refractivity contribution >= 4 is 16.9 Å². The molecule has 0 bridgehead atoms. The van der Waals surface area contributed by atoms with E-state index in [2.05, 4.69) is 0 Å². The fourth-order valence-corrected chi connectivity index (χ4v) is 4.05. The van der Waals surface area contributed by atoms with Crippen LogP contribution in [-0.2, 0) is 6.61 Å². The first-order valence-electron chi connectivity index (χ1n) is 10.5. The smallest absolute Gasteiger partial charge is 0.457 e. The van der Waals surface area contributed by atoms with E-state index in [-0.39, 0.29) is 30.2 Å². The van der Waals surface area contributed by atoms with Gasteiger partial charge in [0, 0.05) is 15.3 Å². The summed E-state index contributed by atoms with van der Waals surface area (Å²) in [6, 6.07) is 8.73. The average molecular weight is 582 g/mol. The summed E-state index contributed by atoms with van der Waals surface area (Å²) in [7, 11) is 0. The number of halogens is 10. The van der Waals surface area contributed by atoms with Gasteiger partial charge in [0.2, 0.25) is 5.60 Å². The maximum Gasteiger partial charge on any atom is 0.457 e. The van der Waals surface area contributed by atoms with Crippen LogP contribution in [0.2, 0.25) is 0 Å². The minimum atomic E-state index is -6.93. The highest BCUT2D eigenvalue weighted by Crippen LogP contribution is 2.55. The maximum atomic E-state index is 13.8. The monoisotopic (exact) mass is 582 g/mol. The van der Waals surface area contributed by atoms with Crippen molar-refractivity contribution in [2.75, 3.05) is 0 Å². The van der Waals surface area contributed by atoms with Crippen molar-refractivity contribution in [3.63, 3.8) is 0 Å². The quantitative estimate of drug-likeness (QED) is 0.164. The number of hydrogen-bond acceptors (Lipinski definition) is 5. The highest BCUT2D eigenvalue weighted by Gasteiger charge is 2.83. The van der Waals surface area contributed by atoms with Crippen molar-refractivity contribution < 1.29 is 64.0 Å². The Bertz CT molecular complexity index is 1110. The number of thiophene rings is 1. The van der Waals surface area contributed by atoms with Crippen LogP contribution in [0.1, 0.15) is 35.0 Å². The van der Waals surface area contributed by atoms with Crippen LogP contribution in [0, 0.1) is 0 Å². The first-order valence-corrected chi connectivity index (χ1v) is 11.3. The fraction of sp³-hybridized carbons (Fsp3) is 0.391. The molecule has 0 amide bonds. The first kappa shape index (κ1) is 31.6. The highest BCUT2D eigenvalue weighted by atomic mass is 32.1. The number of alkyl halides is 10. The lowest BCUT2D eigenvalue weighted by Crippen LogP contribution is -2.69. The van der Waals surface area contributed by atoms with Gasteiger partial charge >= 0.3 is 24.2 Å². The van der Waals surface area contributed by atoms with Crippen LogP contribution in [0.3, 0.4) is 0 Å². The Kier molecular flexibility index (Phi) is 9.35. The standard InChI is InChI=1S/C23H20F10O4S/c1-2-13(17-10-9-16(38-17)12-37-15-7-5-14(6-8-15)18(34)35)4-3-11-19(36,20(24,25)22(28,29)30)21(26,27)23(31,32)33/h3-11,18,34-36H,2,12H2,1H3.